The molecule has 7 heteroatoms. The Hall–Kier alpha value is -1.34. The third kappa shape index (κ3) is 5.01. The first-order valence-electron chi connectivity index (χ1n) is 5.15. The van der Waals surface area contributed by atoms with Crippen LogP contribution < -0.4 is 11.3 Å². The molecule has 17 heavy (non-hydrogen) atoms. The molecule has 1 heterocycles. The quantitative estimate of drug-likeness (QED) is 0.615. The lowest BCUT2D eigenvalue weighted by Crippen LogP contribution is -2.33. The van der Waals surface area contributed by atoms with Crippen molar-refractivity contribution in [3.63, 3.8) is 0 Å². The lowest BCUT2D eigenvalue weighted by molar-refractivity contribution is -0.146. The maximum atomic E-state index is 12.2. The second kappa shape index (κ2) is 5.83. The van der Waals surface area contributed by atoms with E-state index in [0.29, 0.717) is 12.4 Å². The summed E-state index contributed by atoms with van der Waals surface area (Å²) in [5, 5.41) is 0. The fourth-order valence-corrected chi connectivity index (χ4v) is 1.39. The summed E-state index contributed by atoms with van der Waals surface area (Å²) in [5.74, 6) is 5.62. The highest BCUT2D eigenvalue weighted by Crippen LogP contribution is 2.17. The Labute approximate surface area is 97.6 Å². The minimum atomic E-state index is -4.18. The van der Waals surface area contributed by atoms with E-state index in [1.807, 2.05) is 0 Å². The van der Waals surface area contributed by atoms with Gasteiger partial charge in [0.05, 0.1) is 6.54 Å². The first kappa shape index (κ1) is 13.7. The molecule has 0 fully saturated rings. The molecule has 3 N–H and O–H groups in total. The van der Waals surface area contributed by atoms with Crippen LogP contribution >= 0.6 is 0 Å². The second-order valence-corrected chi connectivity index (χ2v) is 3.61. The van der Waals surface area contributed by atoms with Gasteiger partial charge in [0.25, 0.3) is 0 Å². The average Bonchev–Trinajstić information content (AvgIpc) is 2.27. The smallest absolute Gasteiger partial charge is 0.308 e. The molecule has 0 saturated heterocycles. The van der Waals surface area contributed by atoms with Gasteiger partial charge in [-0.05, 0) is 18.2 Å². The maximum absolute atomic E-state index is 12.2. The van der Waals surface area contributed by atoms with Crippen molar-refractivity contribution in [1.29, 1.82) is 0 Å². The van der Waals surface area contributed by atoms with E-state index in [1.54, 1.807) is 19.1 Å². The van der Waals surface area contributed by atoms with E-state index in [1.165, 1.54) is 11.1 Å². The first-order valence-corrected chi connectivity index (χ1v) is 5.15. The molecule has 1 aromatic rings. The molecule has 0 atom stereocenters. The number of hydrazine groups is 1. The zero-order valence-corrected chi connectivity index (χ0v) is 9.46. The van der Waals surface area contributed by atoms with Crippen LogP contribution in [0.4, 0.5) is 19.0 Å². The molecule has 0 radical (unpaired) electrons. The SMILES string of the molecule is CCN(Cc1ccc(NN)nc1)CC(F)(F)F. The molecule has 0 aromatic carbocycles. The van der Waals surface area contributed by atoms with Gasteiger partial charge in [0.15, 0.2) is 0 Å². The Bertz CT molecular complexity index is 336. The fourth-order valence-electron chi connectivity index (χ4n) is 1.39. The number of nitrogens with one attached hydrogen (secondary N) is 1. The predicted molar refractivity (Wildman–Crippen MR) is 59.1 cm³/mol. The Morgan fingerprint density at radius 2 is 2.12 bits per heavy atom. The van der Waals surface area contributed by atoms with Crippen molar-refractivity contribution >= 4 is 5.82 Å². The van der Waals surface area contributed by atoms with Crippen LogP contribution in [0.3, 0.4) is 0 Å². The minimum Gasteiger partial charge on any atom is -0.308 e. The topological polar surface area (TPSA) is 54.2 Å². The molecule has 0 bridgehead atoms. The molecule has 0 saturated carbocycles. The van der Waals surface area contributed by atoms with E-state index in [2.05, 4.69) is 10.4 Å². The zero-order chi connectivity index (χ0) is 12.9. The monoisotopic (exact) mass is 248 g/mol. The number of pyridine rings is 1. The van der Waals surface area contributed by atoms with Crippen LogP contribution in [-0.4, -0.2) is 29.1 Å². The summed E-state index contributed by atoms with van der Waals surface area (Å²) in [6.07, 6.45) is -2.67. The number of anilines is 1. The number of rotatable bonds is 5. The number of halogens is 3. The highest BCUT2D eigenvalue weighted by molar-refractivity contribution is 5.33. The number of aromatic nitrogens is 1. The minimum absolute atomic E-state index is 0.216. The van der Waals surface area contributed by atoms with Crippen LogP contribution in [0.15, 0.2) is 18.3 Å². The molecule has 1 aromatic heterocycles. The molecule has 0 aliphatic rings. The van der Waals surface area contributed by atoms with Crippen molar-refractivity contribution in [2.45, 2.75) is 19.6 Å². The van der Waals surface area contributed by atoms with Crippen LogP contribution in [-0.2, 0) is 6.54 Å². The summed E-state index contributed by atoms with van der Waals surface area (Å²) in [6, 6.07) is 3.32. The third-order valence-electron chi connectivity index (χ3n) is 2.23. The van der Waals surface area contributed by atoms with E-state index >= 15 is 0 Å². The molecule has 0 aliphatic carbocycles. The van der Waals surface area contributed by atoms with Gasteiger partial charge in [-0.2, -0.15) is 13.2 Å². The Balaban J connectivity index is 2.61. The van der Waals surface area contributed by atoms with E-state index in [-0.39, 0.29) is 6.54 Å². The van der Waals surface area contributed by atoms with E-state index in [4.69, 9.17) is 5.84 Å². The van der Waals surface area contributed by atoms with Crippen LogP contribution in [0, 0.1) is 0 Å². The summed E-state index contributed by atoms with van der Waals surface area (Å²) >= 11 is 0. The van der Waals surface area contributed by atoms with Gasteiger partial charge in [0.2, 0.25) is 0 Å². The molecule has 0 spiro atoms. The Morgan fingerprint density at radius 3 is 2.53 bits per heavy atom. The van der Waals surface area contributed by atoms with Gasteiger partial charge in [-0.3, -0.25) is 4.90 Å². The standard InChI is InChI=1S/C10H15F3N4/c1-2-17(7-10(11,12)13)6-8-3-4-9(16-14)15-5-8/h3-5H,2,6-7,14H2,1H3,(H,15,16). The zero-order valence-electron chi connectivity index (χ0n) is 9.46. The number of hydrogen-bond acceptors (Lipinski definition) is 4. The molecule has 0 unspecified atom stereocenters. The van der Waals surface area contributed by atoms with Crippen LogP contribution in [0.2, 0.25) is 0 Å². The summed E-state index contributed by atoms with van der Waals surface area (Å²) in [6.45, 7) is 1.32. The van der Waals surface area contributed by atoms with Gasteiger partial charge in [-0.15, -0.1) is 0 Å². The van der Waals surface area contributed by atoms with Gasteiger partial charge in [-0.1, -0.05) is 13.0 Å². The third-order valence-corrected chi connectivity index (χ3v) is 2.23. The van der Waals surface area contributed by atoms with Crippen molar-refractivity contribution in [2.75, 3.05) is 18.5 Å². The molecule has 0 amide bonds. The average molecular weight is 248 g/mol. The van der Waals surface area contributed by atoms with Gasteiger partial charge < -0.3 is 5.43 Å². The van der Waals surface area contributed by atoms with E-state index in [9.17, 15) is 13.2 Å². The van der Waals surface area contributed by atoms with Gasteiger partial charge in [0, 0.05) is 12.7 Å². The molecule has 96 valence electrons. The number of nitrogens with zero attached hydrogens (tertiary/aromatic N) is 2. The largest absolute Gasteiger partial charge is 0.401 e. The summed E-state index contributed by atoms with van der Waals surface area (Å²) in [7, 11) is 0. The lowest BCUT2D eigenvalue weighted by Gasteiger charge is -2.21. The molecule has 4 nitrogen and oxygen atoms in total. The number of nitrogen functional groups attached to an aromatic ring is 1. The van der Waals surface area contributed by atoms with E-state index < -0.39 is 12.7 Å². The Morgan fingerprint density at radius 1 is 1.41 bits per heavy atom. The molecular weight excluding hydrogens is 233 g/mol. The number of alkyl halides is 3. The van der Waals surface area contributed by atoms with Crippen molar-refractivity contribution < 1.29 is 13.2 Å². The first-order chi connectivity index (χ1) is 7.94. The van der Waals surface area contributed by atoms with Crippen LogP contribution in [0.1, 0.15) is 12.5 Å². The second-order valence-electron chi connectivity index (χ2n) is 3.61. The maximum Gasteiger partial charge on any atom is 0.401 e. The van der Waals surface area contributed by atoms with Crippen molar-refractivity contribution in [3.8, 4) is 0 Å². The normalized spacial score (nSPS) is 11.9. The van der Waals surface area contributed by atoms with Gasteiger partial charge in [-0.25, -0.2) is 10.8 Å². The highest BCUT2D eigenvalue weighted by atomic mass is 19.4. The van der Waals surface area contributed by atoms with Crippen molar-refractivity contribution in [3.05, 3.63) is 23.9 Å². The van der Waals surface area contributed by atoms with Crippen molar-refractivity contribution in [1.82, 2.24) is 9.88 Å². The van der Waals surface area contributed by atoms with Crippen LogP contribution in [0.5, 0.6) is 0 Å². The number of nitrogens with two attached hydrogens (primary N) is 1. The predicted octanol–water partition coefficient (Wildman–Crippen LogP) is 1.75. The Kier molecular flexibility index (Phi) is 4.71. The fraction of sp³-hybridized carbons (Fsp3) is 0.500. The summed E-state index contributed by atoms with van der Waals surface area (Å²) < 4.78 is 36.7. The van der Waals surface area contributed by atoms with Crippen molar-refractivity contribution in [2.24, 2.45) is 5.84 Å². The number of hydrogen-bond donors (Lipinski definition) is 2. The molecule has 1 rings (SSSR count). The van der Waals surface area contributed by atoms with Crippen LogP contribution in [0.25, 0.3) is 0 Å². The van der Waals surface area contributed by atoms with Gasteiger partial charge >= 0.3 is 6.18 Å². The highest BCUT2D eigenvalue weighted by Gasteiger charge is 2.29. The van der Waals surface area contributed by atoms with Gasteiger partial charge in [0.1, 0.15) is 5.82 Å². The summed E-state index contributed by atoms with van der Waals surface area (Å²) in [4.78, 5) is 5.24. The summed E-state index contributed by atoms with van der Waals surface area (Å²) in [5.41, 5.74) is 3.07. The molecular formula is C10H15F3N4. The van der Waals surface area contributed by atoms with E-state index in [0.717, 1.165) is 5.56 Å². The molecule has 0 aliphatic heterocycles. The lowest BCUT2D eigenvalue weighted by atomic mass is 10.2.